The Morgan fingerprint density at radius 1 is 1.12 bits per heavy atom. The number of rotatable bonds is 5. The number of ether oxygens (including phenoxy) is 1. The van der Waals surface area contributed by atoms with Gasteiger partial charge in [0.25, 0.3) is 0 Å². The van der Waals surface area contributed by atoms with Crippen molar-refractivity contribution in [2.75, 3.05) is 12.8 Å². The number of aryl methyl sites for hydroxylation is 1. The Labute approximate surface area is 182 Å². The van der Waals surface area contributed by atoms with Gasteiger partial charge in [-0.05, 0) is 48.9 Å². The van der Waals surface area contributed by atoms with Crippen LogP contribution in [0.3, 0.4) is 0 Å². The molecule has 0 aliphatic carbocycles. The van der Waals surface area contributed by atoms with E-state index in [2.05, 4.69) is 15.1 Å². The molecule has 0 spiro atoms. The minimum Gasteiger partial charge on any atom is -0.497 e. The van der Waals surface area contributed by atoms with Crippen LogP contribution in [0.25, 0.3) is 27.8 Å². The van der Waals surface area contributed by atoms with Gasteiger partial charge in [0, 0.05) is 5.56 Å². The van der Waals surface area contributed by atoms with Crippen LogP contribution in [0.5, 0.6) is 5.75 Å². The number of hydrogen-bond acceptors (Lipinski definition) is 6. The number of aromatic amines is 1. The summed E-state index contributed by atoms with van der Waals surface area (Å²) in [4.78, 5) is 20.7. The smallest absolute Gasteiger partial charge is 0.218 e. The molecule has 3 aromatic heterocycles. The van der Waals surface area contributed by atoms with Gasteiger partial charge in [0.1, 0.15) is 23.1 Å². The van der Waals surface area contributed by atoms with E-state index in [0.717, 1.165) is 32.9 Å². The molecular formula is C23H20N6O3. The van der Waals surface area contributed by atoms with Crippen LogP contribution in [0.4, 0.5) is 5.82 Å². The third kappa shape index (κ3) is 3.16. The molecule has 32 heavy (non-hydrogen) atoms. The molecule has 0 fully saturated rings. The van der Waals surface area contributed by atoms with E-state index in [4.69, 9.17) is 10.5 Å². The van der Waals surface area contributed by atoms with Gasteiger partial charge < -0.3 is 20.7 Å². The molecule has 0 saturated carbocycles. The van der Waals surface area contributed by atoms with Crippen molar-refractivity contribution in [3.63, 3.8) is 0 Å². The molecule has 0 saturated heterocycles. The molecule has 0 atom stereocenters. The van der Waals surface area contributed by atoms with Crippen LogP contribution >= 0.6 is 0 Å². The molecule has 9 nitrogen and oxygen atoms in total. The SMILES string of the molecule is COc1ccc(-c2cc(C(=O)c3cnn(-c4ccc5nc(C)[nH]c5c4)c3N)n(O)c2)cc1. The lowest BCUT2D eigenvalue weighted by Gasteiger charge is -2.05. The Hall–Kier alpha value is -4.53. The van der Waals surface area contributed by atoms with E-state index in [0.29, 0.717) is 11.3 Å². The number of carbonyl (C=O) groups is 1. The minimum absolute atomic E-state index is 0.0849. The molecule has 5 rings (SSSR count). The number of methoxy groups -OCH3 is 1. The maximum Gasteiger partial charge on any atom is 0.218 e. The summed E-state index contributed by atoms with van der Waals surface area (Å²) in [5, 5.41) is 14.6. The monoisotopic (exact) mass is 428 g/mol. The predicted octanol–water partition coefficient (Wildman–Crippen LogP) is 3.58. The number of nitrogens with two attached hydrogens (primary N) is 1. The van der Waals surface area contributed by atoms with Crippen molar-refractivity contribution in [2.24, 2.45) is 0 Å². The largest absolute Gasteiger partial charge is 0.497 e. The summed E-state index contributed by atoms with van der Waals surface area (Å²) in [5.74, 6) is 1.27. The second-order valence-electron chi connectivity index (χ2n) is 7.40. The van der Waals surface area contributed by atoms with Crippen molar-refractivity contribution in [1.82, 2.24) is 24.5 Å². The highest BCUT2D eigenvalue weighted by Crippen LogP contribution is 2.27. The van der Waals surface area contributed by atoms with Crippen LogP contribution in [-0.4, -0.2) is 42.6 Å². The van der Waals surface area contributed by atoms with Crippen molar-refractivity contribution in [3.05, 3.63) is 78.0 Å². The molecule has 0 aliphatic rings. The van der Waals surface area contributed by atoms with Crippen molar-refractivity contribution in [3.8, 4) is 22.6 Å². The van der Waals surface area contributed by atoms with E-state index in [9.17, 15) is 10.0 Å². The summed E-state index contributed by atoms with van der Waals surface area (Å²) < 4.78 is 7.46. The fourth-order valence-electron chi connectivity index (χ4n) is 3.70. The average molecular weight is 428 g/mol. The third-order valence-electron chi connectivity index (χ3n) is 5.34. The standard InChI is InChI=1S/C23H20N6O3/c1-13-26-19-8-5-16(10-20(19)27-13)29-23(24)18(11-25-29)22(30)21-9-15(12-28(21)31)14-3-6-17(32-2)7-4-14/h3-12,31H,24H2,1-2H3,(H,26,27). The summed E-state index contributed by atoms with van der Waals surface area (Å²) in [7, 11) is 1.59. The lowest BCUT2D eigenvalue weighted by atomic mass is 10.1. The second-order valence-corrected chi connectivity index (χ2v) is 7.40. The first kappa shape index (κ1) is 19.4. The fraction of sp³-hybridized carbons (Fsp3) is 0.0870. The molecular weight excluding hydrogens is 408 g/mol. The zero-order valence-electron chi connectivity index (χ0n) is 17.4. The topological polar surface area (TPSA) is 124 Å². The highest BCUT2D eigenvalue weighted by molar-refractivity contribution is 6.11. The van der Waals surface area contributed by atoms with Gasteiger partial charge in [-0.2, -0.15) is 9.83 Å². The average Bonchev–Trinajstić information content (AvgIpc) is 3.48. The number of nitrogens with one attached hydrogen (secondary N) is 1. The number of fused-ring (bicyclic) bond motifs is 1. The van der Waals surface area contributed by atoms with Crippen LogP contribution in [0, 0.1) is 6.92 Å². The highest BCUT2D eigenvalue weighted by Gasteiger charge is 2.22. The van der Waals surface area contributed by atoms with E-state index >= 15 is 0 Å². The molecule has 0 bridgehead atoms. The molecule has 160 valence electrons. The number of imidazole rings is 1. The van der Waals surface area contributed by atoms with E-state index in [1.54, 1.807) is 13.2 Å². The van der Waals surface area contributed by atoms with Gasteiger partial charge in [0.05, 0.1) is 41.8 Å². The number of aromatic nitrogens is 5. The van der Waals surface area contributed by atoms with Crippen LogP contribution in [0.1, 0.15) is 21.9 Å². The lowest BCUT2D eigenvalue weighted by molar-refractivity contribution is 0.0986. The third-order valence-corrected chi connectivity index (χ3v) is 5.34. The van der Waals surface area contributed by atoms with Gasteiger partial charge in [-0.25, -0.2) is 9.67 Å². The number of ketones is 1. The van der Waals surface area contributed by atoms with Gasteiger partial charge in [-0.1, -0.05) is 12.1 Å². The molecule has 4 N–H and O–H groups in total. The Bertz CT molecular complexity index is 1460. The summed E-state index contributed by atoms with van der Waals surface area (Å²) in [6.45, 7) is 1.88. The normalized spacial score (nSPS) is 11.2. The molecule has 5 aromatic rings. The van der Waals surface area contributed by atoms with Gasteiger partial charge in [0.2, 0.25) is 5.78 Å². The van der Waals surface area contributed by atoms with Crippen LogP contribution in [0.15, 0.2) is 60.9 Å². The number of anilines is 1. The molecule has 2 aromatic carbocycles. The maximum atomic E-state index is 13.1. The Morgan fingerprint density at radius 3 is 2.66 bits per heavy atom. The molecule has 0 aliphatic heterocycles. The Morgan fingerprint density at radius 2 is 1.91 bits per heavy atom. The summed E-state index contributed by atoms with van der Waals surface area (Å²) in [5.41, 5.74) is 10.4. The van der Waals surface area contributed by atoms with Crippen molar-refractivity contribution >= 4 is 22.6 Å². The first-order chi connectivity index (χ1) is 15.4. The van der Waals surface area contributed by atoms with E-state index in [1.165, 1.54) is 17.1 Å². The molecule has 3 heterocycles. The van der Waals surface area contributed by atoms with Gasteiger partial charge >= 0.3 is 0 Å². The van der Waals surface area contributed by atoms with E-state index in [-0.39, 0.29) is 17.1 Å². The van der Waals surface area contributed by atoms with E-state index < -0.39 is 5.78 Å². The van der Waals surface area contributed by atoms with Gasteiger partial charge in [-0.15, -0.1) is 0 Å². The summed E-state index contributed by atoms with van der Waals surface area (Å²) >= 11 is 0. The fourth-order valence-corrected chi connectivity index (χ4v) is 3.70. The van der Waals surface area contributed by atoms with Crippen LogP contribution in [-0.2, 0) is 0 Å². The van der Waals surface area contributed by atoms with E-state index in [1.807, 2.05) is 49.4 Å². The van der Waals surface area contributed by atoms with Crippen molar-refractivity contribution < 1.29 is 14.7 Å². The van der Waals surface area contributed by atoms with Crippen LogP contribution < -0.4 is 10.5 Å². The second kappa shape index (κ2) is 7.31. The minimum atomic E-state index is -0.436. The summed E-state index contributed by atoms with van der Waals surface area (Å²) in [6, 6.07) is 14.5. The molecule has 9 heteroatoms. The first-order valence-electron chi connectivity index (χ1n) is 9.85. The van der Waals surface area contributed by atoms with Crippen molar-refractivity contribution in [2.45, 2.75) is 6.92 Å². The maximum absolute atomic E-state index is 13.1. The number of nitrogens with zero attached hydrogens (tertiary/aromatic N) is 4. The number of H-pyrrole nitrogens is 1. The number of benzene rings is 2. The molecule has 0 amide bonds. The number of hydrogen-bond donors (Lipinski definition) is 3. The van der Waals surface area contributed by atoms with Gasteiger partial charge in [-0.3, -0.25) is 4.79 Å². The Kier molecular flexibility index (Phi) is 4.44. The lowest BCUT2D eigenvalue weighted by Crippen LogP contribution is -2.10. The molecule has 0 radical (unpaired) electrons. The zero-order chi connectivity index (χ0) is 22.4. The first-order valence-corrected chi connectivity index (χ1v) is 9.85. The molecule has 0 unspecified atom stereocenters. The number of carbonyl (C=O) groups excluding carboxylic acids is 1. The summed E-state index contributed by atoms with van der Waals surface area (Å²) in [6.07, 6.45) is 2.88. The zero-order valence-corrected chi connectivity index (χ0v) is 17.4. The highest BCUT2D eigenvalue weighted by atomic mass is 16.5. The quantitative estimate of drug-likeness (QED) is 0.290. The Balaban J connectivity index is 1.48. The number of nitrogen functional groups attached to an aromatic ring is 1. The van der Waals surface area contributed by atoms with Crippen LogP contribution in [0.2, 0.25) is 0 Å². The van der Waals surface area contributed by atoms with Gasteiger partial charge in [0.15, 0.2) is 0 Å². The predicted molar refractivity (Wildman–Crippen MR) is 119 cm³/mol. The van der Waals surface area contributed by atoms with Crippen molar-refractivity contribution in [1.29, 1.82) is 0 Å².